The highest BCUT2D eigenvalue weighted by atomic mass is 16.5. The Morgan fingerprint density at radius 2 is 2.00 bits per heavy atom. The van der Waals surface area contributed by atoms with E-state index in [1.54, 1.807) is 0 Å². The highest BCUT2D eigenvalue weighted by Crippen LogP contribution is 2.15. The molecule has 0 saturated carbocycles. The topological polar surface area (TPSA) is 47.6 Å². The minimum Gasteiger partial charge on any atom is -0.465 e. The fraction of sp³-hybridized carbons (Fsp3) is 0.933. The summed E-state index contributed by atoms with van der Waals surface area (Å²) in [5.41, 5.74) is -0.595. The largest absolute Gasteiger partial charge is 0.465 e. The fourth-order valence-corrected chi connectivity index (χ4v) is 2.14. The van der Waals surface area contributed by atoms with Gasteiger partial charge in [-0.05, 0) is 46.6 Å². The Morgan fingerprint density at radius 3 is 2.53 bits per heavy atom. The van der Waals surface area contributed by atoms with E-state index in [-0.39, 0.29) is 5.97 Å². The molecule has 0 rings (SSSR count). The summed E-state index contributed by atoms with van der Waals surface area (Å²) in [6, 6.07) is 0. The zero-order valence-corrected chi connectivity index (χ0v) is 13.3. The van der Waals surface area contributed by atoms with E-state index in [0.717, 1.165) is 32.2 Å². The molecule has 4 heteroatoms. The SMILES string of the molecule is CCCC(C)OCCCC(C)(NCC)C(=O)OCC. The first kappa shape index (κ1) is 18.4. The summed E-state index contributed by atoms with van der Waals surface area (Å²) in [5, 5.41) is 3.23. The van der Waals surface area contributed by atoms with Gasteiger partial charge in [-0.25, -0.2) is 0 Å². The average molecular weight is 273 g/mol. The molecule has 0 spiro atoms. The molecule has 2 unspecified atom stereocenters. The Hall–Kier alpha value is -0.610. The minimum absolute atomic E-state index is 0.168. The average Bonchev–Trinajstić information content (AvgIpc) is 2.36. The van der Waals surface area contributed by atoms with Crippen molar-refractivity contribution < 1.29 is 14.3 Å². The Morgan fingerprint density at radius 1 is 1.32 bits per heavy atom. The highest BCUT2D eigenvalue weighted by Gasteiger charge is 2.33. The first-order chi connectivity index (χ1) is 9.00. The van der Waals surface area contributed by atoms with Gasteiger partial charge in [0.2, 0.25) is 0 Å². The number of rotatable bonds is 11. The van der Waals surface area contributed by atoms with Crippen LogP contribution < -0.4 is 5.32 Å². The lowest BCUT2D eigenvalue weighted by Crippen LogP contribution is -2.50. The zero-order valence-electron chi connectivity index (χ0n) is 13.3. The van der Waals surface area contributed by atoms with Crippen molar-refractivity contribution in [1.29, 1.82) is 0 Å². The number of nitrogens with one attached hydrogen (secondary N) is 1. The summed E-state index contributed by atoms with van der Waals surface area (Å²) in [6.45, 7) is 11.9. The van der Waals surface area contributed by atoms with Gasteiger partial charge in [0.25, 0.3) is 0 Å². The molecular weight excluding hydrogens is 242 g/mol. The molecular formula is C15H31NO3. The van der Waals surface area contributed by atoms with Crippen molar-refractivity contribution in [2.75, 3.05) is 19.8 Å². The third kappa shape index (κ3) is 7.53. The molecule has 114 valence electrons. The van der Waals surface area contributed by atoms with Crippen LogP contribution in [0.1, 0.15) is 60.3 Å². The number of esters is 1. The van der Waals surface area contributed by atoms with Crippen LogP contribution >= 0.6 is 0 Å². The maximum Gasteiger partial charge on any atom is 0.326 e. The predicted octanol–water partition coefficient (Wildman–Crippen LogP) is 2.90. The molecule has 0 aromatic rings. The zero-order chi connectivity index (χ0) is 14.7. The van der Waals surface area contributed by atoms with Crippen LogP contribution in [0.2, 0.25) is 0 Å². The van der Waals surface area contributed by atoms with Gasteiger partial charge in [-0.15, -0.1) is 0 Å². The molecule has 0 fully saturated rings. The summed E-state index contributed by atoms with van der Waals surface area (Å²) >= 11 is 0. The summed E-state index contributed by atoms with van der Waals surface area (Å²) in [6.07, 6.45) is 4.12. The van der Waals surface area contributed by atoms with E-state index >= 15 is 0 Å². The number of ether oxygens (including phenoxy) is 2. The molecule has 1 N–H and O–H groups in total. The number of hydrogen-bond acceptors (Lipinski definition) is 4. The van der Waals surface area contributed by atoms with Crippen LogP contribution in [0.5, 0.6) is 0 Å². The molecule has 2 atom stereocenters. The van der Waals surface area contributed by atoms with E-state index in [1.807, 2.05) is 20.8 Å². The van der Waals surface area contributed by atoms with E-state index in [0.29, 0.717) is 19.3 Å². The molecule has 0 aliphatic rings. The second kappa shape index (κ2) is 10.2. The predicted molar refractivity (Wildman–Crippen MR) is 78.3 cm³/mol. The van der Waals surface area contributed by atoms with Crippen LogP contribution in [0.4, 0.5) is 0 Å². The van der Waals surface area contributed by atoms with Crippen LogP contribution in [0, 0.1) is 0 Å². The quantitative estimate of drug-likeness (QED) is 0.464. The van der Waals surface area contributed by atoms with Gasteiger partial charge < -0.3 is 14.8 Å². The number of hydrogen-bond donors (Lipinski definition) is 1. The smallest absolute Gasteiger partial charge is 0.326 e. The molecule has 19 heavy (non-hydrogen) atoms. The van der Waals surface area contributed by atoms with Gasteiger partial charge >= 0.3 is 5.97 Å². The van der Waals surface area contributed by atoms with Crippen molar-refractivity contribution in [1.82, 2.24) is 5.32 Å². The first-order valence-corrected chi connectivity index (χ1v) is 7.54. The van der Waals surface area contributed by atoms with Crippen molar-refractivity contribution in [3.63, 3.8) is 0 Å². The van der Waals surface area contributed by atoms with Crippen LogP contribution in [-0.4, -0.2) is 37.4 Å². The van der Waals surface area contributed by atoms with Gasteiger partial charge in [0.05, 0.1) is 12.7 Å². The molecule has 0 aliphatic carbocycles. The second-order valence-corrected chi connectivity index (χ2v) is 5.16. The lowest BCUT2D eigenvalue weighted by atomic mass is 9.96. The summed E-state index contributed by atoms with van der Waals surface area (Å²) in [5.74, 6) is -0.168. The van der Waals surface area contributed by atoms with E-state index < -0.39 is 5.54 Å². The van der Waals surface area contributed by atoms with Crippen molar-refractivity contribution in [3.8, 4) is 0 Å². The molecule has 4 nitrogen and oxygen atoms in total. The lowest BCUT2D eigenvalue weighted by molar-refractivity contribution is -0.151. The summed E-state index contributed by atoms with van der Waals surface area (Å²) < 4.78 is 10.8. The maximum atomic E-state index is 12.0. The molecule has 0 saturated heterocycles. The van der Waals surface area contributed by atoms with Crippen LogP contribution in [0.15, 0.2) is 0 Å². The van der Waals surface area contributed by atoms with E-state index in [1.165, 1.54) is 0 Å². The molecule has 0 radical (unpaired) electrons. The van der Waals surface area contributed by atoms with Gasteiger partial charge in [0, 0.05) is 6.61 Å². The van der Waals surface area contributed by atoms with E-state index in [4.69, 9.17) is 9.47 Å². The highest BCUT2D eigenvalue weighted by molar-refractivity contribution is 5.80. The van der Waals surface area contributed by atoms with Gasteiger partial charge in [0.15, 0.2) is 0 Å². The molecule has 0 amide bonds. The van der Waals surface area contributed by atoms with Gasteiger partial charge in [-0.3, -0.25) is 4.79 Å². The molecule has 0 bridgehead atoms. The lowest BCUT2D eigenvalue weighted by Gasteiger charge is -2.28. The Balaban J connectivity index is 4.10. The summed E-state index contributed by atoms with van der Waals surface area (Å²) in [7, 11) is 0. The summed E-state index contributed by atoms with van der Waals surface area (Å²) in [4.78, 5) is 12.0. The van der Waals surface area contributed by atoms with Gasteiger partial charge in [-0.1, -0.05) is 20.3 Å². The molecule has 0 heterocycles. The van der Waals surface area contributed by atoms with Crippen molar-refractivity contribution in [3.05, 3.63) is 0 Å². The van der Waals surface area contributed by atoms with Crippen LogP contribution in [0.25, 0.3) is 0 Å². The maximum absolute atomic E-state index is 12.0. The van der Waals surface area contributed by atoms with E-state index in [9.17, 15) is 4.79 Å². The van der Waals surface area contributed by atoms with Crippen molar-refractivity contribution >= 4 is 5.97 Å². The Bertz CT molecular complexity index is 246. The number of likely N-dealkylation sites (N-methyl/N-ethyl adjacent to an activating group) is 1. The third-order valence-electron chi connectivity index (χ3n) is 3.21. The van der Waals surface area contributed by atoms with Crippen molar-refractivity contribution in [2.24, 2.45) is 0 Å². The monoisotopic (exact) mass is 273 g/mol. The normalized spacial score (nSPS) is 15.8. The first-order valence-electron chi connectivity index (χ1n) is 7.54. The second-order valence-electron chi connectivity index (χ2n) is 5.16. The molecule has 0 aromatic heterocycles. The molecule has 0 aliphatic heterocycles. The standard InChI is InChI=1S/C15H31NO3/c1-6-10-13(4)19-12-9-11-15(5,16-7-2)14(17)18-8-3/h13,16H,6-12H2,1-5H3. The Kier molecular flexibility index (Phi) is 9.88. The fourth-order valence-electron chi connectivity index (χ4n) is 2.14. The van der Waals surface area contributed by atoms with Gasteiger partial charge in [-0.2, -0.15) is 0 Å². The Labute approximate surface area is 118 Å². The number of carbonyl (C=O) groups excluding carboxylic acids is 1. The van der Waals surface area contributed by atoms with E-state index in [2.05, 4.69) is 19.2 Å². The van der Waals surface area contributed by atoms with Crippen LogP contribution in [0.3, 0.4) is 0 Å². The molecule has 0 aromatic carbocycles. The third-order valence-corrected chi connectivity index (χ3v) is 3.21. The minimum atomic E-state index is -0.595. The van der Waals surface area contributed by atoms with Crippen molar-refractivity contribution in [2.45, 2.75) is 71.9 Å². The van der Waals surface area contributed by atoms with Gasteiger partial charge in [0.1, 0.15) is 5.54 Å². The van der Waals surface area contributed by atoms with Crippen LogP contribution in [-0.2, 0) is 14.3 Å². The number of carbonyl (C=O) groups is 1.